The Morgan fingerprint density at radius 3 is 2.47 bits per heavy atom. The van der Waals surface area contributed by atoms with Crippen LogP contribution in [0.15, 0.2) is 60.8 Å². The summed E-state index contributed by atoms with van der Waals surface area (Å²) in [7, 11) is 1.64. The quantitative estimate of drug-likeness (QED) is 0.592. The van der Waals surface area contributed by atoms with Crippen LogP contribution in [0.2, 0.25) is 0 Å². The Hall–Kier alpha value is -3.39. The summed E-state index contributed by atoms with van der Waals surface area (Å²) in [6, 6.07) is 14.4. The first-order valence-corrected chi connectivity index (χ1v) is 9.52. The van der Waals surface area contributed by atoms with Crippen molar-refractivity contribution in [3.63, 3.8) is 0 Å². The number of rotatable bonds is 7. The molecule has 0 radical (unpaired) electrons. The smallest absolute Gasteiger partial charge is 0.328 e. The Kier molecular flexibility index (Phi) is 9.33. The van der Waals surface area contributed by atoms with Crippen molar-refractivity contribution in [3.05, 3.63) is 66.4 Å². The number of piperidine rings is 1. The van der Waals surface area contributed by atoms with Crippen LogP contribution in [-0.4, -0.2) is 53.9 Å². The molecule has 1 fully saturated rings. The standard InChI is InChI=1S/C18H22N2O2.C4H4O4/c1-21-17-8-5-10-20-18(17)22-13-15-12-19-11-9-16(15)14-6-3-2-4-7-14;5-3(6)1-2-4(7)8/h2-8,10,15-16,19H,9,11-13H2,1H3;1-2H,(H,5,6)(H,7,8)/b;2-1+/t15-,16-;/m0./s1. The topological polar surface area (TPSA) is 118 Å². The predicted octanol–water partition coefficient (Wildman–Crippen LogP) is 2.57. The summed E-state index contributed by atoms with van der Waals surface area (Å²) in [6.45, 7) is 2.66. The molecule has 160 valence electrons. The molecule has 0 bridgehead atoms. The lowest BCUT2D eigenvalue weighted by atomic mass is 9.81. The number of ether oxygens (including phenoxy) is 2. The van der Waals surface area contributed by atoms with E-state index >= 15 is 0 Å². The minimum Gasteiger partial charge on any atom is -0.491 e. The Morgan fingerprint density at radius 2 is 1.83 bits per heavy atom. The van der Waals surface area contributed by atoms with Crippen molar-refractivity contribution in [2.24, 2.45) is 5.92 Å². The van der Waals surface area contributed by atoms with Crippen LogP contribution in [0.3, 0.4) is 0 Å². The summed E-state index contributed by atoms with van der Waals surface area (Å²) in [6.07, 6.45) is 3.98. The van der Waals surface area contributed by atoms with Crippen molar-refractivity contribution in [1.29, 1.82) is 0 Å². The maximum atomic E-state index is 9.55. The molecule has 1 aromatic heterocycles. The summed E-state index contributed by atoms with van der Waals surface area (Å²) < 4.78 is 11.2. The lowest BCUT2D eigenvalue weighted by molar-refractivity contribution is -0.134. The number of carbonyl (C=O) groups is 2. The minimum absolute atomic E-state index is 0.433. The van der Waals surface area contributed by atoms with E-state index in [-0.39, 0.29) is 0 Å². The van der Waals surface area contributed by atoms with E-state index in [0.29, 0.717) is 42.2 Å². The highest BCUT2D eigenvalue weighted by Gasteiger charge is 2.27. The molecule has 3 rings (SSSR count). The number of carboxylic acid groups (broad SMARTS) is 2. The number of aromatic nitrogens is 1. The van der Waals surface area contributed by atoms with Crippen LogP contribution in [0.1, 0.15) is 17.9 Å². The van der Waals surface area contributed by atoms with Gasteiger partial charge in [0.25, 0.3) is 5.88 Å². The summed E-state index contributed by atoms with van der Waals surface area (Å²) >= 11 is 0. The van der Waals surface area contributed by atoms with Crippen LogP contribution in [0, 0.1) is 5.92 Å². The maximum absolute atomic E-state index is 9.55. The Bertz CT molecular complexity index is 825. The number of nitrogens with one attached hydrogen (secondary N) is 1. The van der Waals surface area contributed by atoms with Gasteiger partial charge in [-0.15, -0.1) is 0 Å². The molecule has 1 aliphatic heterocycles. The van der Waals surface area contributed by atoms with Crippen molar-refractivity contribution >= 4 is 11.9 Å². The number of methoxy groups -OCH3 is 1. The second-order valence-electron chi connectivity index (χ2n) is 6.60. The second kappa shape index (κ2) is 12.2. The normalized spacial score (nSPS) is 18.2. The maximum Gasteiger partial charge on any atom is 0.328 e. The largest absolute Gasteiger partial charge is 0.491 e. The molecule has 2 heterocycles. The van der Waals surface area contributed by atoms with Crippen LogP contribution in [0.5, 0.6) is 11.6 Å². The molecule has 3 N–H and O–H groups in total. The minimum atomic E-state index is -1.26. The van der Waals surface area contributed by atoms with Crippen molar-refractivity contribution in [2.45, 2.75) is 12.3 Å². The molecule has 0 aliphatic carbocycles. The van der Waals surface area contributed by atoms with Crippen LogP contribution in [-0.2, 0) is 9.59 Å². The van der Waals surface area contributed by atoms with Gasteiger partial charge in [0.2, 0.25) is 0 Å². The average molecular weight is 414 g/mol. The number of hydrogen-bond acceptors (Lipinski definition) is 6. The van der Waals surface area contributed by atoms with Gasteiger partial charge in [-0.05, 0) is 36.6 Å². The zero-order valence-electron chi connectivity index (χ0n) is 16.7. The van der Waals surface area contributed by atoms with Gasteiger partial charge in [-0.2, -0.15) is 0 Å². The van der Waals surface area contributed by atoms with E-state index in [1.54, 1.807) is 13.3 Å². The highest BCUT2D eigenvalue weighted by Crippen LogP contribution is 2.31. The lowest BCUT2D eigenvalue weighted by Crippen LogP contribution is -2.38. The third kappa shape index (κ3) is 7.56. The monoisotopic (exact) mass is 414 g/mol. The van der Waals surface area contributed by atoms with E-state index in [4.69, 9.17) is 19.7 Å². The number of aliphatic carboxylic acids is 2. The van der Waals surface area contributed by atoms with Gasteiger partial charge in [-0.1, -0.05) is 30.3 Å². The molecule has 2 aromatic rings. The Labute approximate surface area is 175 Å². The molecular formula is C22H26N2O6. The fourth-order valence-corrected chi connectivity index (χ4v) is 3.21. The van der Waals surface area contributed by atoms with E-state index in [1.165, 1.54) is 5.56 Å². The summed E-state index contributed by atoms with van der Waals surface area (Å²) in [4.78, 5) is 23.4. The first kappa shape index (κ1) is 22.9. The summed E-state index contributed by atoms with van der Waals surface area (Å²) in [5.74, 6) is -0.301. The van der Waals surface area contributed by atoms with Crippen LogP contribution in [0.25, 0.3) is 0 Å². The number of hydrogen-bond donors (Lipinski definition) is 3. The van der Waals surface area contributed by atoms with Gasteiger partial charge >= 0.3 is 11.9 Å². The molecule has 0 amide bonds. The number of pyridine rings is 1. The van der Waals surface area contributed by atoms with Gasteiger partial charge < -0.3 is 25.0 Å². The predicted molar refractivity (Wildman–Crippen MR) is 111 cm³/mol. The van der Waals surface area contributed by atoms with Gasteiger partial charge in [-0.25, -0.2) is 14.6 Å². The molecule has 0 spiro atoms. The third-order valence-corrected chi connectivity index (χ3v) is 4.59. The van der Waals surface area contributed by atoms with E-state index in [1.807, 2.05) is 12.1 Å². The molecule has 2 atom stereocenters. The highest BCUT2D eigenvalue weighted by molar-refractivity contribution is 5.89. The molecule has 1 saturated heterocycles. The van der Waals surface area contributed by atoms with Crippen molar-refractivity contribution < 1.29 is 29.3 Å². The number of carboxylic acids is 2. The van der Waals surface area contributed by atoms with E-state index in [9.17, 15) is 9.59 Å². The van der Waals surface area contributed by atoms with Gasteiger partial charge in [0.15, 0.2) is 5.75 Å². The SMILES string of the molecule is COc1cccnc1OC[C@@H]1CNCC[C@H]1c1ccccc1.O=C(O)/C=C/C(=O)O. The van der Waals surface area contributed by atoms with Crippen LogP contribution < -0.4 is 14.8 Å². The Morgan fingerprint density at radius 1 is 1.13 bits per heavy atom. The second-order valence-corrected chi connectivity index (χ2v) is 6.60. The summed E-state index contributed by atoms with van der Waals surface area (Å²) in [5, 5.41) is 19.1. The lowest BCUT2D eigenvalue weighted by Gasteiger charge is -2.32. The molecule has 1 aromatic carbocycles. The third-order valence-electron chi connectivity index (χ3n) is 4.59. The van der Waals surface area contributed by atoms with E-state index in [0.717, 1.165) is 19.5 Å². The fraction of sp³-hybridized carbons (Fsp3) is 0.318. The zero-order chi connectivity index (χ0) is 21.8. The molecule has 0 saturated carbocycles. The molecule has 1 aliphatic rings. The molecule has 0 unspecified atom stereocenters. The first-order chi connectivity index (χ1) is 14.5. The van der Waals surface area contributed by atoms with Crippen molar-refractivity contribution in [3.8, 4) is 11.6 Å². The molecule has 30 heavy (non-hydrogen) atoms. The fourth-order valence-electron chi connectivity index (χ4n) is 3.21. The van der Waals surface area contributed by atoms with Gasteiger partial charge in [-0.3, -0.25) is 0 Å². The summed E-state index contributed by atoms with van der Waals surface area (Å²) in [5.41, 5.74) is 1.39. The molecular weight excluding hydrogens is 388 g/mol. The van der Waals surface area contributed by atoms with Crippen LogP contribution in [0.4, 0.5) is 0 Å². The highest BCUT2D eigenvalue weighted by atomic mass is 16.5. The first-order valence-electron chi connectivity index (χ1n) is 9.52. The van der Waals surface area contributed by atoms with Crippen molar-refractivity contribution in [1.82, 2.24) is 10.3 Å². The van der Waals surface area contributed by atoms with Crippen LogP contribution >= 0.6 is 0 Å². The van der Waals surface area contributed by atoms with Gasteiger partial charge in [0, 0.05) is 30.8 Å². The van der Waals surface area contributed by atoms with Crippen molar-refractivity contribution in [2.75, 3.05) is 26.8 Å². The van der Waals surface area contributed by atoms with Gasteiger partial charge in [0.05, 0.1) is 13.7 Å². The van der Waals surface area contributed by atoms with E-state index < -0.39 is 11.9 Å². The molecule has 8 heteroatoms. The van der Waals surface area contributed by atoms with Gasteiger partial charge in [0.1, 0.15) is 0 Å². The molecule has 8 nitrogen and oxygen atoms in total. The Balaban J connectivity index is 0.000000343. The van der Waals surface area contributed by atoms with E-state index in [2.05, 4.69) is 40.6 Å². The number of benzene rings is 1. The average Bonchev–Trinajstić information content (AvgIpc) is 2.77. The zero-order valence-corrected chi connectivity index (χ0v) is 16.7. The number of nitrogens with zero attached hydrogens (tertiary/aromatic N) is 1.